The number of carbonyl (C=O) groups is 5. The normalized spacial score (nSPS) is 17.9. The number of aliphatic carboxylic acids is 2. The summed E-state index contributed by atoms with van der Waals surface area (Å²) in [6.07, 6.45) is 4.39. The summed E-state index contributed by atoms with van der Waals surface area (Å²) in [5.41, 5.74) is 11.8. The van der Waals surface area contributed by atoms with Crippen LogP contribution in [0.1, 0.15) is 44.2 Å². The first-order valence-electron chi connectivity index (χ1n) is 11.4. The van der Waals surface area contributed by atoms with Crippen molar-refractivity contribution in [2.24, 2.45) is 11.5 Å². The lowest BCUT2D eigenvalue weighted by atomic mass is 10.1. The minimum absolute atomic E-state index is 0.0402. The first-order chi connectivity index (χ1) is 16.6. The largest absolute Gasteiger partial charge is 0.481 e. The number of nitrogens with zero attached hydrogens (tertiary/aromatic N) is 2. The zero-order chi connectivity index (χ0) is 26.0. The number of nitrogens with two attached hydrogens (primary N) is 2. The van der Waals surface area contributed by atoms with Crippen LogP contribution in [0.3, 0.4) is 0 Å². The third kappa shape index (κ3) is 8.33. The molecule has 2 rings (SSSR count). The second-order valence-electron chi connectivity index (χ2n) is 8.42. The number of H-pyrrole nitrogens is 1. The van der Waals surface area contributed by atoms with Crippen LogP contribution in [0.25, 0.3) is 0 Å². The van der Waals surface area contributed by atoms with Gasteiger partial charge in [-0.2, -0.15) is 0 Å². The van der Waals surface area contributed by atoms with Crippen LogP contribution in [-0.4, -0.2) is 92.0 Å². The molecule has 14 nitrogen and oxygen atoms in total. The number of amides is 3. The predicted octanol–water partition coefficient (Wildman–Crippen LogP) is -2.07. The van der Waals surface area contributed by atoms with Gasteiger partial charge in [0.2, 0.25) is 17.7 Å². The molecule has 1 fully saturated rings. The maximum atomic E-state index is 13.2. The second kappa shape index (κ2) is 13.4. The first-order valence-corrected chi connectivity index (χ1v) is 11.4. The minimum atomic E-state index is -1.42. The number of nitrogens with one attached hydrogen (secondary N) is 3. The SMILES string of the molecule is NCCCCC(N)C(=O)NC(CC(=O)O)C(=O)N1CCCC1C(=O)NC(Cc1cnc[nH]1)C(=O)O. The number of hydrogen-bond donors (Lipinski definition) is 7. The van der Waals surface area contributed by atoms with Crippen molar-refractivity contribution in [3.63, 3.8) is 0 Å². The van der Waals surface area contributed by atoms with E-state index in [1.165, 1.54) is 17.4 Å². The van der Waals surface area contributed by atoms with Crippen LogP contribution in [0, 0.1) is 0 Å². The Bertz CT molecular complexity index is 893. The van der Waals surface area contributed by atoms with Gasteiger partial charge in [-0.15, -0.1) is 0 Å². The smallest absolute Gasteiger partial charge is 0.326 e. The van der Waals surface area contributed by atoms with Gasteiger partial charge in [-0.05, 0) is 32.2 Å². The summed E-state index contributed by atoms with van der Waals surface area (Å²) in [5, 5.41) is 23.6. The zero-order valence-electron chi connectivity index (χ0n) is 19.3. The van der Waals surface area contributed by atoms with Crippen LogP contribution in [0.2, 0.25) is 0 Å². The number of unbranched alkanes of at least 4 members (excludes halogenated alkanes) is 1. The van der Waals surface area contributed by atoms with Crippen molar-refractivity contribution in [2.45, 2.75) is 69.1 Å². The number of imidazole rings is 1. The van der Waals surface area contributed by atoms with E-state index < -0.39 is 60.2 Å². The molecule has 0 aliphatic carbocycles. The van der Waals surface area contributed by atoms with Crippen LogP contribution in [0.5, 0.6) is 0 Å². The number of aromatic nitrogens is 2. The van der Waals surface area contributed by atoms with E-state index in [4.69, 9.17) is 11.5 Å². The summed E-state index contributed by atoms with van der Waals surface area (Å²) in [6.45, 7) is 0.598. The van der Waals surface area contributed by atoms with E-state index in [2.05, 4.69) is 20.6 Å². The molecule has 1 aromatic heterocycles. The van der Waals surface area contributed by atoms with E-state index in [0.717, 1.165) is 0 Å². The van der Waals surface area contributed by atoms with Gasteiger partial charge in [-0.1, -0.05) is 6.42 Å². The maximum absolute atomic E-state index is 13.2. The van der Waals surface area contributed by atoms with Crippen molar-refractivity contribution in [3.8, 4) is 0 Å². The van der Waals surface area contributed by atoms with Gasteiger partial charge >= 0.3 is 11.9 Å². The Morgan fingerprint density at radius 2 is 1.91 bits per heavy atom. The van der Waals surface area contributed by atoms with Crippen molar-refractivity contribution < 1.29 is 34.2 Å². The molecule has 2 heterocycles. The highest BCUT2D eigenvalue weighted by molar-refractivity contribution is 5.96. The number of carboxylic acid groups (broad SMARTS) is 2. The standard InChI is InChI=1S/C21H33N7O7/c22-6-2-1-4-13(23)18(31)26-14(9-17(29)30)20(33)28-7-3-5-16(28)19(32)27-15(21(34)35)8-12-10-24-11-25-12/h10-11,13-16H,1-9,22-23H2,(H,24,25)(H,26,31)(H,27,32)(H,29,30)(H,34,35). The van der Waals surface area contributed by atoms with Crippen LogP contribution in [-0.2, 0) is 30.4 Å². The summed E-state index contributed by atoms with van der Waals surface area (Å²) < 4.78 is 0. The fourth-order valence-electron chi connectivity index (χ4n) is 3.88. The number of likely N-dealkylation sites (tertiary alicyclic amines) is 1. The molecular formula is C21H33N7O7. The topological polar surface area (TPSA) is 234 Å². The lowest BCUT2D eigenvalue weighted by molar-refractivity contribution is -0.147. The van der Waals surface area contributed by atoms with Crippen molar-refractivity contribution in [3.05, 3.63) is 18.2 Å². The van der Waals surface area contributed by atoms with Gasteiger partial charge in [0.1, 0.15) is 18.1 Å². The van der Waals surface area contributed by atoms with Crippen molar-refractivity contribution in [2.75, 3.05) is 13.1 Å². The Morgan fingerprint density at radius 1 is 1.17 bits per heavy atom. The Kier molecular flexibility index (Phi) is 10.6. The maximum Gasteiger partial charge on any atom is 0.326 e. The van der Waals surface area contributed by atoms with E-state index in [1.807, 2.05) is 0 Å². The fraction of sp³-hybridized carbons (Fsp3) is 0.619. The van der Waals surface area contributed by atoms with Crippen molar-refractivity contribution in [1.82, 2.24) is 25.5 Å². The number of carbonyl (C=O) groups excluding carboxylic acids is 3. The molecule has 9 N–H and O–H groups in total. The van der Waals surface area contributed by atoms with E-state index in [0.29, 0.717) is 37.9 Å². The number of carboxylic acids is 2. The summed E-state index contributed by atoms with van der Waals surface area (Å²) >= 11 is 0. The Morgan fingerprint density at radius 3 is 2.51 bits per heavy atom. The fourth-order valence-corrected chi connectivity index (χ4v) is 3.88. The van der Waals surface area contributed by atoms with Gasteiger partial charge < -0.3 is 42.2 Å². The molecule has 0 radical (unpaired) electrons. The van der Waals surface area contributed by atoms with Crippen LogP contribution >= 0.6 is 0 Å². The monoisotopic (exact) mass is 495 g/mol. The quantitative estimate of drug-likeness (QED) is 0.139. The Balaban J connectivity index is 2.08. The lowest BCUT2D eigenvalue weighted by Gasteiger charge is -2.29. The first kappa shape index (κ1) is 27.7. The highest BCUT2D eigenvalue weighted by atomic mass is 16.4. The number of aromatic amines is 1. The number of hydrogen-bond acceptors (Lipinski definition) is 8. The average Bonchev–Trinajstić information content (AvgIpc) is 3.49. The predicted molar refractivity (Wildman–Crippen MR) is 122 cm³/mol. The van der Waals surface area contributed by atoms with Gasteiger partial charge in [-0.25, -0.2) is 9.78 Å². The summed E-state index contributed by atoms with van der Waals surface area (Å²) in [4.78, 5) is 69.3. The van der Waals surface area contributed by atoms with E-state index >= 15 is 0 Å². The third-order valence-corrected chi connectivity index (χ3v) is 5.73. The molecule has 35 heavy (non-hydrogen) atoms. The van der Waals surface area contributed by atoms with Crippen LogP contribution in [0.4, 0.5) is 0 Å². The van der Waals surface area contributed by atoms with E-state index in [1.54, 1.807) is 0 Å². The molecule has 194 valence electrons. The van der Waals surface area contributed by atoms with Gasteiger partial charge in [0.05, 0.1) is 18.8 Å². The highest BCUT2D eigenvalue weighted by Crippen LogP contribution is 2.20. The third-order valence-electron chi connectivity index (χ3n) is 5.73. The van der Waals surface area contributed by atoms with Crippen molar-refractivity contribution in [1.29, 1.82) is 0 Å². The van der Waals surface area contributed by atoms with Crippen LogP contribution < -0.4 is 22.1 Å². The Hall–Kier alpha value is -3.52. The number of rotatable bonds is 14. The van der Waals surface area contributed by atoms with Crippen LogP contribution in [0.15, 0.2) is 12.5 Å². The molecule has 1 aliphatic rings. The highest BCUT2D eigenvalue weighted by Gasteiger charge is 2.39. The summed E-state index contributed by atoms with van der Waals surface area (Å²) in [7, 11) is 0. The van der Waals surface area contributed by atoms with Gasteiger partial charge in [0.25, 0.3) is 0 Å². The Labute approximate surface area is 201 Å². The molecule has 14 heteroatoms. The average molecular weight is 496 g/mol. The summed E-state index contributed by atoms with van der Waals surface area (Å²) in [6, 6.07) is -4.63. The van der Waals surface area contributed by atoms with Gasteiger partial charge in [0, 0.05) is 24.9 Å². The molecule has 4 atom stereocenters. The molecule has 1 saturated heterocycles. The molecule has 0 saturated carbocycles. The minimum Gasteiger partial charge on any atom is -0.481 e. The molecule has 0 spiro atoms. The molecule has 1 aromatic rings. The molecule has 1 aliphatic heterocycles. The van der Waals surface area contributed by atoms with Crippen molar-refractivity contribution >= 4 is 29.7 Å². The molecule has 3 amide bonds. The van der Waals surface area contributed by atoms with Gasteiger partial charge in [-0.3, -0.25) is 19.2 Å². The van der Waals surface area contributed by atoms with E-state index in [-0.39, 0.29) is 19.4 Å². The molecule has 0 aromatic carbocycles. The summed E-state index contributed by atoms with van der Waals surface area (Å²) in [5.74, 6) is -4.67. The lowest BCUT2D eigenvalue weighted by Crippen LogP contribution is -2.57. The van der Waals surface area contributed by atoms with E-state index in [9.17, 15) is 34.2 Å². The second-order valence-corrected chi connectivity index (χ2v) is 8.42. The zero-order valence-corrected chi connectivity index (χ0v) is 19.3. The molecule has 4 unspecified atom stereocenters. The molecule has 0 bridgehead atoms. The van der Waals surface area contributed by atoms with Gasteiger partial charge in [0.15, 0.2) is 0 Å². The molecular weight excluding hydrogens is 462 g/mol.